The third-order valence-electron chi connectivity index (χ3n) is 4.32. The fraction of sp³-hybridized carbons (Fsp3) is 0.588. The van der Waals surface area contributed by atoms with E-state index in [1.165, 1.54) is 17.7 Å². The molecule has 1 aliphatic heterocycles. The summed E-state index contributed by atoms with van der Waals surface area (Å²) in [6.45, 7) is 4.85. The molecule has 1 atom stereocenters. The molecule has 138 valence electrons. The Morgan fingerprint density at radius 3 is 3.00 bits per heavy atom. The summed E-state index contributed by atoms with van der Waals surface area (Å²) in [4.78, 5) is 5.74. The second-order valence-electron chi connectivity index (χ2n) is 6.34. The van der Waals surface area contributed by atoms with Gasteiger partial charge in [0.1, 0.15) is 5.82 Å². The Kier molecular flexibility index (Phi) is 8.14. The lowest BCUT2D eigenvalue weighted by Gasteiger charge is -2.17. The van der Waals surface area contributed by atoms with Crippen LogP contribution in [0.25, 0.3) is 0 Å². The average Bonchev–Trinajstić information content (AvgIpc) is 3.25. The maximum Gasteiger partial charge on any atom is 0.191 e. The van der Waals surface area contributed by atoms with Gasteiger partial charge in [0.15, 0.2) is 11.8 Å². The molecule has 0 spiro atoms. The number of aliphatic imine (C=N–C) groups is 1. The topological polar surface area (TPSA) is 67.1 Å². The van der Waals surface area contributed by atoms with E-state index in [1.54, 1.807) is 7.05 Å². The first-order valence-corrected chi connectivity index (χ1v) is 9.52. The number of aryl methyl sites for hydroxylation is 1. The van der Waals surface area contributed by atoms with Crippen molar-refractivity contribution in [2.24, 2.45) is 10.9 Å². The van der Waals surface area contributed by atoms with Crippen molar-refractivity contribution in [3.05, 3.63) is 34.0 Å². The van der Waals surface area contributed by atoms with Crippen LogP contribution in [0.3, 0.4) is 0 Å². The van der Waals surface area contributed by atoms with E-state index in [0.717, 1.165) is 43.5 Å². The molecular formula is C17H27IN6S. The van der Waals surface area contributed by atoms with Crippen LogP contribution in [0.15, 0.2) is 22.5 Å². The van der Waals surface area contributed by atoms with Crippen molar-refractivity contribution >= 4 is 41.3 Å². The van der Waals surface area contributed by atoms with Crippen LogP contribution < -0.4 is 10.6 Å². The van der Waals surface area contributed by atoms with Gasteiger partial charge in [0.25, 0.3) is 0 Å². The molecule has 3 rings (SSSR count). The van der Waals surface area contributed by atoms with Crippen molar-refractivity contribution < 1.29 is 0 Å². The summed E-state index contributed by atoms with van der Waals surface area (Å²) < 4.78 is 2.24. The Bertz CT molecular complexity index is 667. The van der Waals surface area contributed by atoms with Crippen LogP contribution in [0.5, 0.6) is 0 Å². The van der Waals surface area contributed by atoms with Gasteiger partial charge in [0.2, 0.25) is 0 Å². The Hall–Kier alpha value is -1.16. The lowest BCUT2D eigenvalue weighted by atomic mass is 10.1. The maximum absolute atomic E-state index is 4.32. The van der Waals surface area contributed by atoms with E-state index in [4.69, 9.17) is 0 Å². The zero-order valence-corrected chi connectivity index (χ0v) is 18.0. The molecule has 3 heterocycles. The summed E-state index contributed by atoms with van der Waals surface area (Å²) in [5.41, 5.74) is 0. The number of nitrogens with zero attached hydrogens (tertiary/aromatic N) is 4. The van der Waals surface area contributed by atoms with E-state index in [0.29, 0.717) is 12.5 Å². The number of hydrogen-bond acceptors (Lipinski definition) is 4. The van der Waals surface area contributed by atoms with Gasteiger partial charge >= 0.3 is 0 Å². The van der Waals surface area contributed by atoms with Gasteiger partial charge in [0.05, 0.1) is 6.54 Å². The fourth-order valence-electron chi connectivity index (χ4n) is 3.00. The lowest BCUT2D eigenvalue weighted by Crippen LogP contribution is -2.39. The number of aromatic nitrogens is 3. The molecular weight excluding hydrogens is 447 g/mol. The van der Waals surface area contributed by atoms with E-state index in [-0.39, 0.29) is 24.0 Å². The van der Waals surface area contributed by atoms with Gasteiger partial charge in [0, 0.05) is 31.4 Å². The van der Waals surface area contributed by atoms with Crippen LogP contribution in [0.2, 0.25) is 0 Å². The first kappa shape index (κ1) is 20.2. The monoisotopic (exact) mass is 474 g/mol. The van der Waals surface area contributed by atoms with Crippen molar-refractivity contribution in [3.8, 4) is 0 Å². The molecule has 0 fully saturated rings. The average molecular weight is 474 g/mol. The molecule has 0 radical (unpaired) electrons. The smallest absolute Gasteiger partial charge is 0.191 e. The van der Waals surface area contributed by atoms with Crippen LogP contribution >= 0.6 is 35.3 Å². The van der Waals surface area contributed by atoms with Crippen LogP contribution in [0.1, 0.15) is 36.3 Å². The summed E-state index contributed by atoms with van der Waals surface area (Å²) in [5.74, 6) is 3.49. The molecule has 25 heavy (non-hydrogen) atoms. The van der Waals surface area contributed by atoms with Gasteiger partial charge in [-0.05, 0) is 36.6 Å². The van der Waals surface area contributed by atoms with Gasteiger partial charge in [-0.3, -0.25) is 4.99 Å². The van der Waals surface area contributed by atoms with Gasteiger partial charge in [-0.1, -0.05) is 13.0 Å². The number of hydrogen-bond donors (Lipinski definition) is 2. The van der Waals surface area contributed by atoms with Gasteiger partial charge in [-0.15, -0.1) is 45.5 Å². The molecule has 1 unspecified atom stereocenters. The highest BCUT2D eigenvalue weighted by molar-refractivity contribution is 14.0. The quantitative estimate of drug-likeness (QED) is 0.384. The Labute approximate surface area is 170 Å². The van der Waals surface area contributed by atoms with Crippen molar-refractivity contribution in [3.63, 3.8) is 0 Å². The van der Waals surface area contributed by atoms with E-state index >= 15 is 0 Å². The number of guanidine groups is 1. The normalized spacial score (nSPS) is 15.2. The Morgan fingerprint density at radius 1 is 1.36 bits per heavy atom. The Balaban J connectivity index is 0.00000225. The molecule has 2 N–H and O–H groups in total. The van der Waals surface area contributed by atoms with E-state index in [1.807, 2.05) is 11.3 Å². The summed E-state index contributed by atoms with van der Waals surface area (Å²) in [5, 5.41) is 17.5. The fourth-order valence-corrected chi connectivity index (χ4v) is 3.87. The second-order valence-corrected chi connectivity index (χ2v) is 7.37. The van der Waals surface area contributed by atoms with E-state index in [2.05, 4.69) is 54.8 Å². The molecule has 0 saturated carbocycles. The molecule has 6 nitrogen and oxygen atoms in total. The molecule has 0 aromatic carbocycles. The van der Waals surface area contributed by atoms with E-state index < -0.39 is 0 Å². The summed E-state index contributed by atoms with van der Waals surface area (Å²) in [6.07, 6.45) is 4.57. The predicted molar refractivity (Wildman–Crippen MR) is 114 cm³/mol. The number of thiophene rings is 1. The molecule has 0 bridgehead atoms. The SMILES string of the molecule is CN=C(NCc1nnc2n1CCCC2)NCC(C)Cc1cccs1.I. The van der Waals surface area contributed by atoms with Crippen molar-refractivity contribution in [2.75, 3.05) is 13.6 Å². The number of rotatable bonds is 6. The minimum atomic E-state index is 0. The van der Waals surface area contributed by atoms with Crippen LogP contribution in [0, 0.1) is 5.92 Å². The maximum atomic E-state index is 4.32. The lowest BCUT2D eigenvalue weighted by molar-refractivity contribution is 0.504. The first-order valence-electron chi connectivity index (χ1n) is 8.64. The van der Waals surface area contributed by atoms with Crippen LogP contribution in [0.4, 0.5) is 0 Å². The van der Waals surface area contributed by atoms with Gasteiger partial charge in [-0.25, -0.2) is 0 Å². The van der Waals surface area contributed by atoms with Crippen molar-refractivity contribution in [1.82, 2.24) is 25.4 Å². The number of fused-ring (bicyclic) bond motifs is 1. The van der Waals surface area contributed by atoms with Crippen LogP contribution in [-0.4, -0.2) is 34.3 Å². The molecule has 2 aromatic heterocycles. The molecule has 0 amide bonds. The molecule has 8 heteroatoms. The first-order chi connectivity index (χ1) is 11.8. The molecule has 1 aliphatic rings. The predicted octanol–water partition coefficient (Wildman–Crippen LogP) is 2.84. The highest BCUT2D eigenvalue weighted by Crippen LogP contribution is 2.14. The third-order valence-corrected chi connectivity index (χ3v) is 5.22. The zero-order valence-electron chi connectivity index (χ0n) is 14.9. The van der Waals surface area contributed by atoms with Gasteiger partial charge in [-0.2, -0.15) is 0 Å². The number of nitrogens with one attached hydrogen (secondary N) is 2. The summed E-state index contributed by atoms with van der Waals surface area (Å²) >= 11 is 1.82. The zero-order chi connectivity index (χ0) is 16.8. The highest BCUT2D eigenvalue weighted by atomic mass is 127. The standard InChI is InChI=1S/C17H26N6S.HI/c1-13(10-14-6-5-9-24-14)11-19-17(18-2)20-12-16-22-21-15-7-3-4-8-23(15)16;/h5-6,9,13H,3-4,7-8,10-12H2,1-2H3,(H2,18,19,20);1H. The summed E-state index contributed by atoms with van der Waals surface area (Å²) in [7, 11) is 1.80. The highest BCUT2D eigenvalue weighted by Gasteiger charge is 2.15. The molecule has 2 aromatic rings. The minimum absolute atomic E-state index is 0. The van der Waals surface area contributed by atoms with Crippen molar-refractivity contribution in [2.45, 2.75) is 45.7 Å². The van der Waals surface area contributed by atoms with Crippen LogP contribution in [-0.2, 0) is 25.9 Å². The molecule has 0 aliphatic carbocycles. The second kappa shape index (κ2) is 10.1. The minimum Gasteiger partial charge on any atom is -0.356 e. The third kappa shape index (κ3) is 5.67. The van der Waals surface area contributed by atoms with Crippen molar-refractivity contribution in [1.29, 1.82) is 0 Å². The largest absolute Gasteiger partial charge is 0.356 e. The summed E-state index contributed by atoms with van der Waals surface area (Å²) in [6, 6.07) is 4.31. The van der Waals surface area contributed by atoms with Gasteiger partial charge < -0.3 is 15.2 Å². The Morgan fingerprint density at radius 2 is 2.24 bits per heavy atom. The number of halogens is 1. The molecule has 0 saturated heterocycles. The van der Waals surface area contributed by atoms with E-state index in [9.17, 15) is 0 Å².